The van der Waals surface area contributed by atoms with Gasteiger partial charge in [0.1, 0.15) is 11.3 Å². The van der Waals surface area contributed by atoms with Gasteiger partial charge in [0.25, 0.3) is 5.56 Å². The highest BCUT2D eigenvalue weighted by Gasteiger charge is 2.27. The maximum atomic E-state index is 13.4. The summed E-state index contributed by atoms with van der Waals surface area (Å²) in [5, 5.41) is 24.6. The third-order valence-electron chi connectivity index (χ3n) is 10.1. The number of methoxy groups -OCH3 is 1. The Balaban J connectivity index is 1.12. The molecule has 2 aliphatic heterocycles. The minimum Gasteiger partial charge on any atom is -0.481 e. The summed E-state index contributed by atoms with van der Waals surface area (Å²) in [6.07, 6.45) is 3.80. The molecule has 16 heteroatoms. The number of carbonyl (C=O) groups excluding carboxylic acids is 2. The van der Waals surface area contributed by atoms with Crippen molar-refractivity contribution in [1.29, 1.82) is 0 Å². The normalized spacial score (nSPS) is 16.7. The fourth-order valence-electron chi connectivity index (χ4n) is 7.16. The summed E-state index contributed by atoms with van der Waals surface area (Å²) in [4.78, 5) is 54.6. The summed E-state index contributed by atoms with van der Waals surface area (Å²) in [6.45, 7) is 1.22. The van der Waals surface area contributed by atoms with Crippen molar-refractivity contribution in [2.45, 2.75) is 57.3 Å². The molecule has 2 fully saturated rings. The van der Waals surface area contributed by atoms with Crippen molar-refractivity contribution in [3.8, 4) is 39.4 Å². The number of benzene rings is 2. The van der Waals surface area contributed by atoms with Crippen LogP contribution in [0, 0.1) is 0 Å². The van der Waals surface area contributed by atoms with Crippen LogP contribution in [0.1, 0.15) is 43.5 Å². The summed E-state index contributed by atoms with van der Waals surface area (Å²) in [5.74, 6) is 0.815. The van der Waals surface area contributed by atoms with Crippen molar-refractivity contribution < 1.29 is 24.2 Å². The van der Waals surface area contributed by atoms with E-state index in [0.717, 1.165) is 12.8 Å². The number of aromatic nitrogens is 4. The zero-order valence-electron chi connectivity index (χ0n) is 30.3. The fraction of sp³-hybridized carbons (Fsp3) is 0.333. The zero-order chi connectivity index (χ0) is 38.8. The van der Waals surface area contributed by atoms with Gasteiger partial charge in [0.15, 0.2) is 0 Å². The molecule has 55 heavy (non-hydrogen) atoms. The van der Waals surface area contributed by atoms with Crippen molar-refractivity contribution in [2.75, 3.05) is 20.2 Å². The summed E-state index contributed by atoms with van der Waals surface area (Å²) < 4.78 is 8.70. The average molecular weight is 788 g/mol. The molecular formula is C39H40Cl2N8O6. The third-order valence-corrected chi connectivity index (χ3v) is 11.0. The zero-order valence-corrected chi connectivity index (χ0v) is 31.8. The molecule has 4 N–H and O–H groups in total. The van der Waals surface area contributed by atoms with Crippen LogP contribution in [0.3, 0.4) is 0 Å². The third kappa shape index (κ3) is 8.02. The largest absolute Gasteiger partial charge is 0.481 e. The van der Waals surface area contributed by atoms with Crippen LogP contribution in [0.2, 0.25) is 10.0 Å². The number of rotatable bonds is 13. The van der Waals surface area contributed by atoms with E-state index in [-0.39, 0.29) is 48.4 Å². The second-order valence-corrected chi connectivity index (χ2v) is 14.5. The number of halogens is 2. The van der Waals surface area contributed by atoms with Crippen molar-refractivity contribution in [1.82, 2.24) is 40.0 Å². The van der Waals surface area contributed by atoms with E-state index in [4.69, 9.17) is 38.0 Å². The van der Waals surface area contributed by atoms with Crippen molar-refractivity contribution in [2.24, 2.45) is 7.05 Å². The Kier molecular flexibility index (Phi) is 11.1. The van der Waals surface area contributed by atoms with Gasteiger partial charge in [0, 0.05) is 78.1 Å². The van der Waals surface area contributed by atoms with E-state index in [1.165, 1.54) is 16.6 Å². The van der Waals surface area contributed by atoms with E-state index in [2.05, 4.69) is 16.0 Å². The molecule has 2 atom stereocenters. The number of carboxylic acid groups (broad SMARTS) is 1. The number of carbonyl (C=O) groups is 3. The Morgan fingerprint density at radius 1 is 0.964 bits per heavy atom. The molecule has 0 saturated carbocycles. The molecule has 2 aliphatic rings. The van der Waals surface area contributed by atoms with Crippen molar-refractivity contribution in [3.63, 3.8) is 0 Å². The first-order valence-corrected chi connectivity index (χ1v) is 18.7. The second kappa shape index (κ2) is 16.1. The number of pyridine rings is 1. The maximum Gasteiger partial charge on any atom is 0.407 e. The minimum absolute atomic E-state index is 0.0194. The summed E-state index contributed by atoms with van der Waals surface area (Å²) in [6, 6.07) is 16.4. The van der Waals surface area contributed by atoms with Gasteiger partial charge in [-0.05, 0) is 44.0 Å². The fourth-order valence-corrected chi connectivity index (χ4v) is 7.82. The van der Waals surface area contributed by atoms with E-state index >= 15 is 0 Å². The number of nitrogens with one attached hydrogen (secondary N) is 3. The van der Waals surface area contributed by atoms with Crippen LogP contribution in [0.15, 0.2) is 65.6 Å². The average Bonchev–Trinajstić information content (AvgIpc) is 3.91. The van der Waals surface area contributed by atoms with Gasteiger partial charge >= 0.3 is 6.09 Å². The predicted molar refractivity (Wildman–Crippen MR) is 208 cm³/mol. The van der Waals surface area contributed by atoms with Crippen LogP contribution < -0.4 is 26.2 Å². The molecule has 5 heterocycles. The molecule has 0 spiro atoms. The van der Waals surface area contributed by atoms with Crippen LogP contribution in [-0.2, 0) is 29.7 Å². The van der Waals surface area contributed by atoms with Crippen LogP contribution in [-0.4, -0.2) is 79.4 Å². The standard InChI is InChI=1S/C39H40Cl2N8O6/c1-47-32(18-42-16-15-24-10-13-33(50)43-24)46-49-20-23(17-31(49)38(47)52)26-5-3-6-27(35(26)40)28-7-4-8-29(36(28)41)30-12-9-22(37(45-30)55-2)19-48(39(53)54)21-25-11-14-34(51)44-25/h3-9,12,17,20,24-25,42H,10-11,13-16,18-19,21H2,1-2H3,(H,43,50)(H,44,51)(H,53,54)/t24-,25-/m0/s1. The molecule has 2 saturated heterocycles. The smallest absolute Gasteiger partial charge is 0.407 e. The van der Waals surface area contributed by atoms with E-state index in [1.807, 2.05) is 36.4 Å². The Morgan fingerprint density at radius 2 is 1.62 bits per heavy atom. The maximum absolute atomic E-state index is 13.4. The highest BCUT2D eigenvalue weighted by molar-refractivity contribution is 6.39. The Hall–Kier alpha value is -5.44. The Bertz CT molecular complexity index is 2360. The first-order valence-electron chi connectivity index (χ1n) is 18.0. The number of hydrogen-bond acceptors (Lipinski definition) is 8. The van der Waals surface area contributed by atoms with Gasteiger partial charge in [-0.3, -0.25) is 19.0 Å². The van der Waals surface area contributed by atoms with Crippen LogP contribution in [0.5, 0.6) is 5.88 Å². The first-order chi connectivity index (χ1) is 26.5. The van der Waals surface area contributed by atoms with Gasteiger partial charge < -0.3 is 30.7 Å². The highest BCUT2D eigenvalue weighted by Crippen LogP contribution is 2.42. The van der Waals surface area contributed by atoms with E-state index in [0.29, 0.717) is 92.8 Å². The molecule has 5 aromatic rings. The van der Waals surface area contributed by atoms with Crippen molar-refractivity contribution >= 4 is 46.6 Å². The lowest BCUT2D eigenvalue weighted by atomic mass is 9.97. The Labute approximate surface area is 326 Å². The van der Waals surface area contributed by atoms with Gasteiger partial charge in [-0.15, -0.1) is 0 Å². The van der Waals surface area contributed by atoms with Crippen LogP contribution >= 0.6 is 23.2 Å². The van der Waals surface area contributed by atoms with Gasteiger partial charge in [0.05, 0.1) is 35.9 Å². The molecule has 0 bridgehead atoms. The predicted octanol–water partition coefficient (Wildman–Crippen LogP) is 5.26. The summed E-state index contributed by atoms with van der Waals surface area (Å²) in [5.41, 5.74) is 4.62. The quantitative estimate of drug-likeness (QED) is 0.116. The molecule has 14 nitrogen and oxygen atoms in total. The van der Waals surface area contributed by atoms with E-state index in [9.17, 15) is 24.3 Å². The minimum atomic E-state index is -1.12. The second-order valence-electron chi connectivity index (χ2n) is 13.8. The molecule has 2 aromatic carbocycles. The Morgan fingerprint density at radius 3 is 2.27 bits per heavy atom. The number of fused-ring (bicyclic) bond motifs is 1. The number of amides is 3. The summed E-state index contributed by atoms with van der Waals surface area (Å²) >= 11 is 14.2. The van der Waals surface area contributed by atoms with Crippen molar-refractivity contribution in [3.05, 3.63) is 92.6 Å². The topological polar surface area (TPSA) is 172 Å². The molecule has 0 unspecified atom stereocenters. The molecule has 3 amide bonds. The van der Waals surface area contributed by atoms with Gasteiger partial charge in [-0.1, -0.05) is 59.6 Å². The lowest BCUT2D eigenvalue weighted by Crippen LogP contribution is -2.41. The van der Waals surface area contributed by atoms with E-state index in [1.54, 1.807) is 36.0 Å². The van der Waals surface area contributed by atoms with Crippen LogP contribution in [0.25, 0.3) is 39.0 Å². The van der Waals surface area contributed by atoms with Gasteiger partial charge in [-0.25, -0.2) is 14.3 Å². The lowest BCUT2D eigenvalue weighted by molar-refractivity contribution is -0.120. The summed E-state index contributed by atoms with van der Waals surface area (Å²) in [7, 11) is 3.16. The molecule has 286 valence electrons. The highest BCUT2D eigenvalue weighted by atomic mass is 35.5. The molecule has 0 aliphatic carbocycles. The van der Waals surface area contributed by atoms with Gasteiger partial charge in [-0.2, -0.15) is 5.10 Å². The molecule has 0 radical (unpaired) electrons. The monoisotopic (exact) mass is 786 g/mol. The lowest BCUT2D eigenvalue weighted by Gasteiger charge is -2.23. The molecule has 3 aromatic heterocycles. The molecule has 7 rings (SSSR count). The van der Waals surface area contributed by atoms with Gasteiger partial charge in [0.2, 0.25) is 17.7 Å². The number of ether oxygens (including phenoxy) is 1. The van der Waals surface area contributed by atoms with Crippen LogP contribution in [0.4, 0.5) is 4.79 Å². The molecular weight excluding hydrogens is 747 g/mol. The SMILES string of the molecule is COc1nc(-c2cccc(-c3cccc(-c4cc5c(=O)n(C)c(CNCC[C@@H]6CCC(=O)N6)nn5c4)c3Cl)c2Cl)ccc1CN(C[C@@H]1CCC(=O)N1)C(=O)O. The number of nitrogens with zero attached hydrogens (tertiary/aromatic N) is 5. The number of hydrogen-bond donors (Lipinski definition) is 4. The van der Waals surface area contributed by atoms with E-state index < -0.39 is 6.09 Å². The first kappa shape index (κ1) is 37.9.